The summed E-state index contributed by atoms with van der Waals surface area (Å²) < 4.78 is 5.04. The number of hydrogen-bond acceptors (Lipinski definition) is 5. The Morgan fingerprint density at radius 2 is 1.91 bits per heavy atom. The SMILES string of the molecule is C[C@H](N)C(=O)N[C@H](CCC(=O)OCc1ccccc1)C(=O)O. The Kier molecular flexibility index (Phi) is 7.04. The Labute approximate surface area is 128 Å². The quantitative estimate of drug-likeness (QED) is 0.599. The van der Waals surface area contributed by atoms with Gasteiger partial charge in [0.2, 0.25) is 5.91 Å². The van der Waals surface area contributed by atoms with Crippen molar-refractivity contribution in [3.8, 4) is 0 Å². The summed E-state index contributed by atoms with van der Waals surface area (Å²) in [6, 6.07) is 7.16. The topological polar surface area (TPSA) is 119 Å². The summed E-state index contributed by atoms with van der Waals surface area (Å²) in [7, 11) is 0. The molecule has 0 aromatic heterocycles. The van der Waals surface area contributed by atoms with Gasteiger partial charge in [-0.05, 0) is 18.9 Å². The van der Waals surface area contributed by atoms with E-state index in [-0.39, 0.29) is 19.4 Å². The fourth-order valence-electron chi connectivity index (χ4n) is 1.63. The number of benzene rings is 1. The summed E-state index contributed by atoms with van der Waals surface area (Å²) in [6.45, 7) is 1.58. The Balaban J connectivity index is 2.39. The van der Waals surface area contributed by atoms with E-state index in [1.807, 2.05) is 30.3 Å². The third-order valence-corrected chi connectivity index (χ3v) is 2.91. The molecule has 0 radical (unpaired) electrons. The molecule has 0 saturated carbocycles. The largest absolute Gasteiger partial charge is 0.480 e. The normalized spacial score (nSPS) is 13.0. The van der Waals surface area contributed by atoms with Crippen LogP contribution in [0, 0.1) is 0 Å². The van der Waals surface area contributed by atoms with E-state index >= 15 is 0 Å². The maximum Gasteiger partial charge on any atom is 0.326 e. The van der Waals surface area contributed by atoms with Crippen molar-refractivity contribution < 1.29 is 24.2 Å². The lowest BCUT2D eigenvalue weighted by molar-refractivity contribution is -0.146. The number of ether oxygens (including phenoxy) is 1. The summed E-state index contributed by atoms with van der Waals surface area (Å²) in [5, 5.41) is 11.3. The lowest BCUT2D eigenvalue weighted by Gasteiger charge is -2.15. The van der Waals surface area contributed by atoms with Crippen LogP contribution in [0.1, 0.15) is 25.3 Å². The molecule has 0 aliphatic carbocycles. The van der Waals surface area contributed by atoms with Gasteiger partial charge in [0.15, 0.2) is 0 Å². The number of amides is 1. The predicted octanol–water partition coefficient (Wildman–Crippen LogP) is 0.427. The highest BCUT2D eigenvalue weighted by molar-refractivity contribution is 5.86. The van der Waals surface area contributed by atoms with Crippen LogP contribution in [0.5, 0.6) is 0 Å². The maximum absolute atomic E-state index is 11.6. The zero-order valence-corrected chi connectivity index (χ0v) is 12.3. The number of esters is 1. The average Bonchev–Trinajstić information content (AvgIpc) is 2.49. The van der Waals surface area contributed by atoms with Crippen LogP contribution in [0.4, 0.5) is 0 Å². The molecule has 1 amide bonds. The van der Waals surface area contributed by atoms with Crippen LogP contribution in [0.3, 0.4) is 0 Å². The molecular weight excluding hydrogens is 288 g/mol. The van der Waals surface area contributed by atoms with E-state index in [0.29, 0.717) is 0 Å². The number of carbonyl (C=O) groups is 3. The van der Waals surface area contributed by atoms with Crippen LogP contribution < -0.4 is 11.1 Å². The van der Waals surface area contributed by atoms with Crippen molar-refractivity contribution in [1.29, 1.82) is 0 Å². The van der Waals surface area contributed by atoms with Crippen LogP contribution in [0.2, 0.25) is 0 Å². The van der Waals surface area contributed by atoms with Crippen LogP contribution in [0.25, 0.3) is 0 Å². The van der Waals surface area contributed by atoms with E-state index in [0.717, 1.165) is 5.56 Å². The Bertz CT molecular complexity index is 516. The number of carboxylic acid groups (broad SMARTS) is 1. The van der Waals surface area contributed by atoms with E-state index in [9.17, 15) is 14.4 Å². The van der Waals surface area contributed by atoms with Crippen molar-refractivity contribution in [3.63, 3.8) is 0 Å². The van der Waals surface area contributed by atoms with Gasteiger partial charge in [-0.3, -0.25) is 9.59 Å². The lowest BCUT2D eigenvalue weighted by atomic mass is 10.1. The highest BCUT2D eigenvalue weighted by Gasteiger charge is 2.22. The first-order valence-electron chi connectivity index (χ1n) is 6.88. The number of aliphatic carboxylic acids is 1. The predicted molar refractivity (Wildman–Crippen MR) is 78.7 cm³/mol. The van der Waals surface area contributed by atoms with Crippen LogP contribution in [-0.2, 0) is 25.7 Å². The first kappa shape index (κ1) is 17.6. The van der Waals surface area contributed by atoms with Crippen molar-refractivity contribution >= 4 is 17.8 Å². The summed E-state index contributed by atoms with van der Waals surface area (Å²) >= 11 is 0. The highest BCUT2D eigenvalue weighted by atomic mass is 16.5. The zero-order valence-electron chi connectivity index (χ0n) is 12.3. The molecule has 1 aromatic carbocycles. The molecule has 2 atom stereocenters. The van der Waals surface area contributed by atoms with Crippen molar-refractivity contribution in [2.24, 2.45) is 5.73 Å². The molecule has 7 nitrogen and oxygen atoms in total. The number of nitrogens with one attached hydrogen (secondary N) is 1. The summed E-state index contributed by atoms with van der Waals surface area (Å²) in [4.78, 5) is 34.0. The summed E-state index contributed by atoms with van der Waals surface area (Å²) in [5.41, 5.74) is 6.20. The Hall–Kier alpha value is -2.41. The third kappa shape index (κ3) is 6.36. The minimum absolute atomic E-state index is 0.0542. The molecular formula is C15H20N2O5. The first-order chi connectivity index (χ1) is 10.4. The first-order valence-corrected chi connectivity index (χ1v) is 6.88. The molecule has 1 rings (SSSR count). The second kappa shape index (κ2) is 8.78. The van der Waals surface area contributed by atoms with Crippen LogP contribution in [-0.4, -0.2) is 35.0 Å². The number of hydrogen-bond donors (Lipinski definition) is 3. The monoisotopic (exact) mass is 308 g/mol. The second-order valence-corrected chi connectivity index (χ2v) is 4.87. The number of rotatable bonds is 8. The molecule has 0 saturated heterocycles. The minimum atomic E-state index is -1.22. The van der Waals surface area contributed by atoms with Gasteiger partial charge < -0.3 is 20.9 Å². The molecule has 1 aromatic rings. The molecule has 0 aliphatic rings. The molecule has 7 heteroatoms. The van der Waals surface area contributed by atoms with Gasteiger partial charge >= 0.3 is 11.9 Å². The number of carbonyl (C=O) groups excluding carboxylic acids is 2. The summed E-state index contributed by atoms with van der Waals surface area (Å²) in [5.74, 6) is -2.32. The smallest absolute Gasteiger partial charge is 0.326 e. The molecule has 22 heavy (non-hydrogen) atoms. The molecule has 0 aliphatic heterocycles. The summed E-state index contributed by atoms with van der Waals surface area (Å²) in [6.07, 6.45) is -0.162. The molecule has 0 fully saturated rings. The zero-order chi connectivity index (χ0) is 16.5. The van der Waals surface area contributed by atoms with E-state index in [4.69, 9.17) is 15.6 Å². The van der Waals surface area contributed by atoms with Gasteiger partial charge in [-0.1, -0.05) is 30.3 Å². The highest BCUT2D eigenvalue weighted by Crippen LogP contribution is 2.05. The molecule has 0 unspecified atom stereocenters. The molecule has 120 valence electrons. The molecule has 0 bridgehead atoms. The minimum Gasteiger partial charge on any atom is -0.480 e. The van der Waals surface area contributed by atoms with Gasteiger partial charge in [0.1, 0.15) is 12.6 Å². The fourth-order valence-corrected chi connectivity index (χ4v) is 1.63. The molecule has 4 N–H and O–H groups in total. The van der Waals surface area contributed by atoms with E-state index in [2.05, 4.69) is 5.32 Å². The van der Waals surface area contributed by atoms with Crippen molar-refractivity contribution in [1.82, 2.24) is 5.32 Å². The second-order valence-electron chi connectivity index (χ2n) is 4.87. The van der Waals surface area contributed by atoms with Crippen LogP contribution >= 0.6 is 0 Å². The fraction of sp³-hybridized carbons (Fsp3) is 0.400. The maximum atomic E-state index is 11.6. The average molecular weight is 308 g/mol. The number of nitrogens with two attached hydrogens (primary N) is 1. The van der Waals surface area contributed by atoms with E-state index < -0.39 is 29.9 Å². The van der Waals surface area contributed by atoms with Gasteiger partial charge in [-0.2, -0.15) is 0 Å². The molecule has 0 heterocycles. The Morgan fingerprint density at radius 1 is 1.27 bits per heavy atom. The van der Waals surface area contributed by atoms with Crippen molar-refractivity contribution in [3.05, 3.63) is 35.9 Å². The van der Waals surface area contributed by atoms with E-state index in [1.54, 1.807) is 0 Å². The lowest BCUT2D eigenvalue weighted by Crippen LogP contribution is -2.47. The van der Waals surface area contributed by atoms with Gasteiger partial charge in [0.05, 0.1) is 6.04 Å². The third-order valence-electron chi connectivity index (χ3n) is 2.91. The Morgan fingerprint density at radius 3 is 2.45 bits per heavy atom. The van der Waals surface area contributed by atoms with Gasteiger partial charge in [0.25, 0.3) is 0 Å². The van der Waals surface area contributed by atoms with Gasteiger partial charge in [-0.25, -0.2) is 4.79 Å². The van der Waals surface area contributed by atoms with Crippen LogP contribution in [0.15, 0.2) is 30.3 Å². The standard InChI is InChI=1S/C15H20N2O5/c1-10(16)14(19)17-12(15(20)21)7-8-13(18)22-9-11-5-3-2-4-6-11/h2-6,10,12H,7-9,16H2,1H3,(H,17,19)(H,20,21)/t10-,12+/m0/s1. The van der Waals surface area contributed by atoms with E-state index in [1.165, 1.54) is 6.92 Å². The number of carboxylic acids is 1. The van der Waals surface area contributed by atoms with Crippen molar-refractivity contribution in [2.45, 2.75) is 38.5 Å². The molecule has 0 spiro atoms. The van der Waals surface area contributed by atoms with Gasteiger partial charge in [-0.15, -0.1) is 0 Å². The van der Waals surface area contributed by atoms with Gasteiger partial charge in [0, 0.05) is 6.42 Å². The van der Waals surface area contributed by atoms with Crippen molar-refractivity contribution in [2.75, 3.05) is 0 Å².